The Bertz CT molecular complexity index is 1260. The molecule has 1 aliphatic heterocycles. The maximum absolute atomic E-state index is 13.2. The number of ether oxygens (including phenoxy) is 1. The van der Waals surface area contributed by atoms with E-state index in [1.54, 1.807) is 55.6 Å². The molecule has 0 bridgehead atoms. The van der Waals surface area contributed by atoms with Crippen LogP contribution in [-0.2, 0) is 10.0 Å². The Hall–Kier alpha value is -3.52. The molecule has 0 aromatic heterocycles. The minimum Gasteiger partial charge on any atom is -0.497 e. The van der Waals surface area contributed by atoms with Crippen molar-refractivity contribution in [3.63, 3.8) is 0 Å². The van der Waals surface area contributed by atoms with Crippen molar-refractivity contribution in [3.8, 4) is 5.75 Å². The minimum absolute atomic E-state index is 0.0443. The van der Waals surface area contributed by atoms with Crippen LogP contribution in [0.3, 0.4) is 0 Å². The number of benzene rings is 3. The predicted molar refractivity (Wildman–Crippen MR) is 139 cm³/mol. The van der Waals surface area contributed by atoms with Gasteiger partial charge in [-0.05, 0) is 74.0 Å². The number of amides is 1. The normalized spacial score (nSPS) is 14.4. The minimum atomic E-state index is -3.68. The number of carbonyl (C=O) groups is 1. The molecule has 0 unspecified atom stereocenters. The first-order valence-corrected chi connectivity index (χ1v) is 13.1. The van der Waals surface area contributed by atoms with Gasteiger partial charge in [-0.25, -0.2) is 8.42 Å². The molecule has 1 heterocycles. The van der Waals surface area contributed by atoms with Crippen LogP contribution in [0.4, 0.5) is 11.4 Å². The maximum atomic E-state index is 13.2. The number of nitrogens with zero attached hydrogens (tertiary/aromatic N) is 3. The molecule has 4 rings (SSSR count). The van der Waals surface area contributed by atoms with Crippen molar-refractivity contribution in [2.45, 2.75) is 18.2 Å². The van der Waals surface area contributed by atoms with Gasteiger partial charge in [-0.1, -0.05) is 17.7 Å². The molecule has 0 atom stereocenters. The second kappa shape index (κ2) is 10.4. The molecule has 3 aromatic carbocycles. The summed E-state index contributed by atoms with van der Waals surface area (Å²) < 4.78 is 32.4. The quantitative estimate of drug-likeness (QED) is 0.515. The molecule has 8 heteroatoms. The molecule has 1 amide bonds. The van der Waals surface area contributed by atoms with Gasteiger partial charge in [-0.15, -0.1) is 0 Å². The Morgan fingerprint density at radius 2 is 1.51 bits per heavy atom. The van der Waals surface area contributed by atoms with Gasteiger partial charge in [0.1, 0.15) is 5.75 Å². The molecule has 184 valence electrons. The van der Waals surface area contributed by atoms with E-state index in [0.717, 1.165) is 36.5 Å². The SMILES string of the molecule is COc1ccc(N2CCCN(C(=O)c3ccc(N(C)S(=O)(=O)c4ccc(C)cc4)cc3)CC2)cc1. The number of anilines is 2. The van der Waals surface area contributed by atoms with E-state index in [-0.39, 0.29) is 10.8 Å². The Morgan fingerprint density at radius 1 is 0.857 bits per heavy atom. The summed E-state index contributed by atoms with van der Waals surface area (Å²) in [6.45, 7) is 4.82. The van der Waals surface area contributed by atoms with Crippen LogP contribution in [0.5, 0.6) is 5.75 Å². The first-order chi connectivity index (χ1) is 16.8. The highest BCUT2D eigenvalue weighted by molar-refractivity contribution is 7.92. The average molecular weight is 494 g/mol. The first-order valence-electron chi connectivity index (χ1n) is 11.6. The molecule has 3 aromatic rings. The molecule has 7 nitrogen and oxygen atoms in total. The number of hydrogen-bond acceptors (Lipinski definition) is 5. The molecule has 0 N–H and O–H groups in total. The lowest BCUT2D eigenvalue weighted by Gasteiger charge is -2.24. The molecule has 35 heavy (non-hydrogen) atoms. The van der Waals surface area contributed by atoms with Crippen LogP contribution in [0, 0.1) is 6.92 Å². The summed E-state index contributed by atoms with van der Waals surface area (Å²) in [5, 5.41) is 0. The molecule has 0 aliphatic carbocycles. The van der Waals surface area contributed by atoms with Crippen LogP contribution in [0.1, 0.15) is 22.3 Å². The van der Waals surface area contributed by atoms with E-state index in [9.17, 15) is 13.2 Å². The molecular formula is C27H31N3O4S. The lowest BCUT2D eigenvalue weighted by atomic mass is 10.1. The zero-order valence-electron chi connectivity index (χ0n) is 20.3. The summed E-state index contributed by atoms with van der Waals surface area (Å²) in [7, 11) is -0.506. The summed E-state index contributed by atoms with van der Waals surface area (Å²) in [6.07, 6.45) is 0.868. The topological polar surface area (TPSA) is 70.2 Å². The second-order valence-corrected chi connectivity index (χ2v) is 10.6. The highest BCUT2D eigenvalue weighted by Crippen LogP contribution is 2.24. The van der Waals surface area contributed by atoms with Crippen molar-refractivity contribution >= 4 is 27.3 Å². The summed E-state index contributed by atoms with van der Waals surface area (Å²) in [6, 6.07) is 21.5. The molecule has 0 radical (unpaired) electrons. The van der Waals surface area contributed by atoms with E-state index in [1.807, 2.05) is 36.1 Å². The van der Waals surface area contributed by atoms with E-state index in [2.05, 4.69) is 4.90 Å². The Balaban J connectivity index is 1.42. The van der Waals surface area contributed by atoms with Gasteiger partial charge in [0.15, 0.2) is 0 Å². The summed E-state index contributed by atoms with van der Waals surface area (Å²) in [5.41, 5.74) is 3.16. The molecule has 1 aliphatic rings. The number of rotatable bonds is 6. The Kier molecular flexibility index (Phi) is 7.31. The molecule has 0 saturated carbocycles. The number of methoxy groups -OCH3 is 1. The first kappa shape index (κ1) is 24.6. The van der Waals surface area contributed by atoms with Crippen LogP contribution < -0.4 is 13.9 Å². The van der Waals surface area contributed by atoms with Crippen LogP contribution in [0.2, 0.25) is 0 Å². The largest absolute Gasteiger partial charge is 0.497 e. The number of hydrogen-bond donors (Lipinski definition) is 0. The van der Waals surface area contributed by atoms with Crippen LogP contribution in [0.25, 0.3) is 0 Å². The summed E-state index contributed by atoms with van der Waals surface area (Å²) in [5.74, 6) is 0.776. The monoisotopic (exact) mass is 493 g/mol. The maximum Gasteiger partial charge on any atom is 0.264 e. The highest BCUT2D eigenvalue weighted by Gasteiger charge is 2.23. The smallest absolute Gasteiger partial charge is 0.264 e. The van der Waals surface area contributed by atoms with Gasteiger partial charge in [-0.3, -0.25) is 9.10 Å². The molecule has 1 fully saturated rings. The standard InChI is InChI=1S/C27H31N3O4S/c1-21-5-15-26(16-6-21)35(32,33)28(2)23-9-7-22(8-10-23)27(31)30-18-4-17-29(19-20-30)24-11-13-25(34-3)14-12-24/h5-16H,4,17-20H2,1-3H3. The van der Waals surface area contributed by atoms with Gasteiger partial charge in [0.05, 0.1) is 17.7 Å². The van der Waals surface area contributed by atoms with E-state index in [0.29, 0.717) is 24.3 Å². The van der Waals surface area contributed by atoms with E-state index in [4.69, 9.17) is 4.74 Å². The lowest BCUT2D eigenvalue weighted by Crippen LogP contribution is -2.35. The van der Waals surface area contributed by atoms with Crippen LogP contribution in [0.15, 0.2) is 77.7 Å². The van der Waals surface area contributed by atoms with Gasteiger partial charge in [-0.2, -0.15) is 0 Å². The third-order valence-corrected chi connectivity index (χ3v) is 8.18. The van der Waals surface area contributed by atoms with Gasteiger partial charge < -0.3 is 14.5 Å². The predicted octanol–water partition coefficient (Wildman–Crippen LogP) is 4.18. The number of carbonyl (C=O) groups excluding carboxylic acids is 1. The van der Waals surface area contributed by atoms with E-state index in [1.165, 1.54) is 11.4 Å². The highest BCUT2D eigenvalue weighted by atomic mass is 32.2. The van der Waals surface area contributed by atoms with Crippen LogP contribution >= 0.6 is 0 Å². The summed E-state index contributed by atoms with van der Waals surface area (Å²) >= 11 is 0. The van der Waals surface area contributed by atoms with E-state index < -0.39 is 10.0 Å². The third kappa shape index (κ3) is 5.43. The van der Waals surface area contributed by atoms with Gasteiger partial charge in [0.25, 0.3) is 15.9 Å². The third-order valence-electron chi connectivity index (χ3n) is 6.38. The summed E-state index contributed by atoms with van der Waals surface area (Å²) in [4.78, 5) is 17.5. The van der Waals surface area contributed by atoms with Crippen molar-refractivity contribution in [2.75, 3.05) is 49.5 Å². The second-order valence-electron chi connectivity index (χ2n) is 8.66. The van der Waals surface area contributed by atoms with Crippen molar-refractivity contribution in [3.05, 3.63) is 83.9 Å². The van der Waals surface area contributed by atoms with Gasteiger partial charge in [0.2, 0.25) is 0 Å². The molecular weight excluding hydrogens is 462 g/mol. The van der Waals surface area contributed by atoms with Crippen molar-refractivity contribution in [2.24, 2.45) is 0 Å². The molecule has 1 saturated heterocycles. The fourth-order valence-corrected chi connectivity index (χ4v) is 5.37. The number of aryl methyl sites for hydroxylation is 1. The fourth-order valence-electron chi connectivity index (χ4n) is 4.18. The fraction of sp³-hybridized carbons (Fsp3) is 0.296. The zero-order valence-corrected chi connectivity index (χ0v) is 21.2. The number of sulfonamides is 1. The zero-order chi connectivity index (χ0) is 25.0. The Morgan fingerprint density at radius 3 is 2.14 bits per heavy atom. The Labute approximate surface area is 207 Å². The van der Waals surface area contributed by atoms with Gasteiger partial charge in [0, 0.05) is 44.5 Å². The van der Waals surface area contributed by atoms with E-state index >= 15 is 0 Å². The van der Waals surface area contributed by atoms with Crippen molar-refractivity contribution < 1.29 is 17.9 Å². The van der Waals surface area contributed by atoms with Crippen molar-refractivity contribution in [1.29, 1.82) is 0 Å². The molecule has 0 spiro atoms. The lowest BCUT2D eigenvalue weighted by molar-refractivity contribution is 0.0767. The van der Waals surface area contributed by atoms with Gasteiger partial charge >= 0.3 is 0 Å². The van der Waals surface area contributed by atoms with Crippen LogP contribution in [-0.4, -0.2) is 59.6 Å². The average Bonchev–Trinajstić information content (AvgIpc) is 3.15. The van der Waals surface area contributed by atoms with Crippen molar-refractivity contribution in [1.82, 2.24) is 4.90 Å².